The maximum Gasteiger partial charge on any atom is 0.408 e. The van der Waals surface area contributed by atoms with E-state index in [1.54, 1.807) is 6.92 Å². The number of hydrogen-bond acceptors (Lipinski definition) is 4. The third-order valence-corrected chi connectivity index (χ3v) is 2.04. The monoisotopic (exact) mass is 201 g/mol. The van der Waals surface area contributed by atoms with Crippen LogP contribution in [0.1, 0.15) is 20.8 Å². The summed E-state index contributed by atoms with van der Waals surface area (Å²) in [6.07, 6.45) is -0.983. The summed E-state index contributed by atoms with van der Waals surface area (Å²) in [5.74, 6) is -0.347. The highest BCUT2D eigenvalue weighted by Crippen LogP contribution is 2.18. The van der Waals surface area contributed by atoms with Gasteiger partial charge in [0.25, 0.3) is 0 Å². The number of amides is 1. The van der Waals surface area contributed by atoms with Crippen LogP contribution in [0, 0.1) is 5.92 Å². The van der Waals surface area contributed by atoms with Gasteiger partial charge in [0.2, 0.25) is 0 Å². The van der Waals surface area contributed by atoms with Crippen molar-refractivity contribution in [2.24, 2.45) is 5.92 Å². The number of carbonyl (C=O) groups is 2. The standard InChI is InChI=1S/C9H15NO4/c1-4-13-8(11)6-7(5(2)3)14-9(12)10-6/h5-7H,4H2,1-3H3,(H,10,12)/t6-,7-/m1/s1. The Balaban J connectivity index is 2.66. The molecule has 1 aliphatic heterocycles. The van der Waals surface area contributed by atoms with Crippen molar-refractivity contribution in [2.75, 3.05) is 6.61 Å². The zero-order valence-corrected chi connectivity index (χ0v) is 8.57. The second-order valence-electron chi connectivity index (χ2n) is 3.49. The van der Waals surface area contributed by atoms with Gasteiger partial charge in [-0.2, -0.15) is 0 Å². The molecule has 0 unspecified atom stereocenters. The molecule has 5 nitrogen and oxygen atoms in total. The average Bonchev–Trinajstić information content (AvgIpc) is 2.48. The van der Waals surface area contributed by atoms with E-state index in [0.717, 1.165) is 0 Å². The van der Waals surface area contributed by atoms with Gasteiger partial charge in [-0.15, -0.1) is 0 Å². The number of alkyl carbamates (subject to hydrolysis) is 1. The van der Waals surface area contributed by atoms with Crippen LogP contribution in [0.3, 0.4) is 0 Å². The number of ether oxygens (including phenoxy) is 2. The van der Waals surface area contributed by atoms with Crippen molar-refractivity contribution >= 4 is 12.1 Å². The summed E-state index contributed by atoms with van der Waals surface area (Å²) in [4.78, 5) is 22.3. The van der Waals surface area contributed by atoms with Gasteiger partial charge in [0.05, 0.1) is 6.61 Å². The molecule has 0 aromatic heterocycles. The van der Waals surface area contributed by atoms with E-state index in [-0.39, 0.29) is 5.92 Å². The Hall–Kier alpha value is -1.26. The Morgan fingerprint density at radius 3 is 2.79 bits per heavy atom. The fourth-order valence-corrected chi connectivity index (χ4v) is 1.38. The number of hydrogen-bond donors (Lipinski definition) is 1. The Kier molecular flexibility index (Phi) is 3.33. The first-order chi connectivity index (χ1) is 6.56. The van der Waals surface area contributed by atoms with Crippen LogP contribution in [0.2, 0.25) is 0 Å². The second-order valence-corrected chi connectivity index (χ2v) is 3.49. The van der Waals surface area contributed by atoms with Crippen molar-refractivity contribution < 1.29 is 19.1 Å². The van der Waals surface area contributed by atoms with Gasteiger partial charge in [-0.05, 0) is 12.8 Å². The minimum absolute atomic E-state index is 0.0864. The fourth-order valence-electron chi connectivity index (χ4n) is 1.38. The van der Waals surface area contributed by atoms with Gasteiger partial charge in [-0.1, -0.05) is 13.8 Å². The maximum absolute atomic E-state index is 11.4. The van der Waals surface area contributed by atoms with Gasteiger partial charge in [0.1, 0.15) is 6.10 Å². The molecule has 1 saturated heterocycles. The van der Waals surface area contributed by atoms with Crippen molar-refractivity contribution in [1.82, 2.24) is 5.32 Å². The molecule has 1 heterocycles. The molecule has 1 fully saturated rings. The molecule has 0 aliphatic carbocycles. The fraction of sp³-hybridized carbons (Fsp3) is 0.778. The molecule has 0 saturated carbocycles. The third-order valence-electron chi connectivity index (χ3n) is 2.04. The van der Waals surface area contributed by atoms with Crippen LogP contribution in [-0.4, -0.2) is 30.8 Å². The lowest BCUT2D eigenvalue weighted by atomic mass is 10.0. The molecular weight excluding hydrogens is 186 g/mol. The molecular formula is C9H15NO4. The first-order valence-corrected chi connectivity index (χ1v) is 4.70. The highest BCUT2D eigenvalue weighted by Gasteiger charge is 2.41. The molecule has 14 heavy (non-hydrogen) atoms. The Morgan fingerprint density at radius 1 is 1.64 bits per heavy atom. The summed E-state index contributed by atoms with van der Waals surface area (Å²) >= 11 is 0. The number of carbonyl (C=O) groups excluding carboxylic acids is 2. The van der Waals surface area contributed by atoms with E-state index in [1.807, 2.05) is 13.8 Å². The summed E-state index contributed by atoms with van der Waals surface area (Å²) in [6.45, 7) is 5.80. The molecule has 80 valence electrons. The smallest absolute Gasteiger partial charge is 0.408 e. The maximum atomic E-state index is 11.4. The van der Waals surface area contributed by atoms with Crippen molar-refractivity contribution in [3.8, 4) is 0 Å². The Labute approximate surface area is 82.8 Å². The van der Waals surface area contributed by atoms with Gasteiger partial charge in [-0.3, -0.25) is 0 Å². The molecule has 2 atom stereocenters. The van der Waals surface area contributed by atoms with Crippen LogP contribution >= 0.6 is 0 Å². The Bertz CT molecular complexity index is 239. The summed E-state index contributed by atoms with van der Waals surface area (Å²) in [6, 6.07) is -0.664. The lowest BCUT2D eigenvalue weighted by Crippen LogP contribution is -2.42. The topological polar surface area (TPSA) is 64.6 Å². The quantitative estimate of drug-likeness (QED) is 0.682. The highest BCUT2D eigenvalue weighted by molar-refractivity contribution is 5.84. The molecule has 0 aromatic carbocycles. The van der Waals surface area contributed by atoms with Gasteiger partial charge in [0, 0.05) is 0 Å². The van der Waals surface area contributed by atoms with Crippen LogP contribution in [0.5, 0.6) is 0 Å². The molecule has 1 rings (SSSR count). The largest absolute Gasteiger partial charge is 0.464 e. The van der Waals surface area contributed by atoms with E-state index in [9.17, 15) is 9.59 Å². The molecule has 0 spiro atoms. The summed E-state index contributed by atoms with van der Waals surface area (Å²) in [5.41, 5.74) is 0. The third kappa shape index (κ3) is 2.16. The number of rotatable bonds is 3. The normalized spacial score (nSPS) is 25.9. The first-order valence-electron chi connectivity index (χ1n) is 4.70. The number of nitrogens with one attached hydrogen (secondary N) is 1. The highest BCUT2D eigenvalue weighted by atomic mass is 16.6. The van der Waals surface area contributed by atoms with Gasteiger partial charge >= 0.3 is 12.1 Å². The zero-order valence-electron chi connectivity index (χ0n) is 8.57. The van der Waals surface area contributed by atoms with Crippen LogP contribution in [-0.2, 0) is 14.3 Å². The zero-order chi connectivity index (χ0) is 10.7. The van der Waals surface area contributed by atoms with Crippen molar-refractivity contribution in [3.05, 3.63) is 0 Å². The van der Waals surface area contributed by atoms with E-state index in [0.29, 0.717) is 6.61 Å². The van der Waals surface area contributed by atoms with E-state index in [1.165, 1.54) is 0 Å². The Morgan fingerprint density at radius 2 is 2.29 bits per heavy atom. The van der Waals surface area contributed by atoms with E-state index >= 15 is 0 Å². The molecule has 0 bridgehead atoms. The SMILES string of the molecule is CCOC(=O)[C@@H]1NC(=O)O[C@@H]1C(C)C. The van der Waals surface area contributed by atoms with Crippen LogP contribution in [0.4, 0.5) is 4.79 Å². The van der Waals surface area contributed by atoms with Gasteiger partial charge < -0.3 is 14.8 Å². The summed E-state index contributed by atoms with van der Waals surface area (Å²) in [7, 11) is 0. The molecule has 0 aromatic rings. The summed E-state index contributed by atoms with van der Waals surface area (Å²) in [5, 5.41) is 2.43. The second kappa shape index (κ2) is 4.30. The van der Waals surface area contributed by atoms with E-state index < -0.39 is 24.2 Å². The predicted molar refractivity (Wildman–Crippen MR) is 48.7 cm³/mol. The van der Waals surface area contributed by atoms with Crippen LogP contribution in [0.15, 0.2) is 0 Å². The van der Waals surface area contributed by atoms with Crippen LogP contribution in [0.25, 0.3) is 0 Å². The molecule has 1 aliphatic rings. The predicted octanol–water partition coefficient (Wildman–Crippen LogP) is 0.682. The van der Waals surface area contributed by atoms with Crippen molar-refractivity contribution in [1.29, 1.82) is 0 Å². The summed E-state index contributed by atoms with van der Waals surface area (Å²) < 4.78 is 9.77. The minimum Gasteiger partial charge on any atom is -0.464 e. The first kappa shape index (κ1) is 10.8. The molecule has 5 heteroatoms. The molecule has 1 N–H and O–H groups in total. The lowest BCUT2D eigenvalue weighted by molar-refractivity contribution is -0.147. The number of esters is 1. The molecule has 0 radical (unpaired) electrons. The van der Waals surface area contributed by atoms with Gasteiger partial charge in [-0.25, -0.2) is 9.59 Å². The minimum atomic E-state index is -0.664. The van der Waals surface area contributed by atoms with E-state index in [4.69, 9.17) is 9.47 Å². The van der Waals surface area contributed by atoms with E-state index in [2.05, 4.69) is 5.32 Å². The average molecular weight is 201 g/mol. The number of cyclic esters (lactones) is 1. The van der Waals surface area contributed by atoms with Crippen molar-refractivity contribution in [2.45, 2.75) is 32.9 Å². The van der Waals surface area contributed by atoms with Crippen molar-refractivity contribution in [3.63, 3.8) is 0 Å². The lowest BCUT2D eigenvalue weighted by Gasteiger charge is -2.18. The molecule has 1 amide bonds. The van der Waals surface area contributed by atoms with Gasteiger partial charge in [0.15, 0.2) is 6.04 Å². The van der Waals surface area contributed by atoms with Crippen LogP contribution < -0.4 is 5.32 Å².